The van der Waals surface area contributed by atoms with Crippen molar-refractivity contribution in [1.82, 2.24) is 0 Å². The number of carbonyl (C=O) groups excluding carboxylic acids is 2. The van der Waals surface area contributed by atoms with E-state index in [0.717, 1.165) is 18.1 Å². The van der Waals surface area contributed by atoms with Gasteiger partial charge in [-0.3, -0.25) is 14.6 Å². The quantitative estimate of drug-likeness (QED) is 0.627. The number of nitrogens with one attached hydrogen (secondary N) is 1. The molecule has 0 aliphatic heterocycles. The van der Waals surface area contributed by atoms with E-state index in [2.05, 4.69) is 10.3 Å². The maximum Gasteiger partial charge on any atom is 0.357 e. The second kappa shape index (κ2) is 6.60. The van der Waals surface area contributed by atoms with E-state index in [-0.39, 0.29) is 0 Å². The van der Waals surface area contributed by atoms with Crippen LogP contribution < -0.4 is 5.32 Å². The summed E-state index contributed by atoms with van der Waals surface area (Å²) >= 11 is 0. The number of amides is 1. The van der Waals surface area contributed by atoms with Gasteiger partial charge in [-0.1, -0.05) is 18.2 Å². The van der Waals surface area contributed by atoms with Crippen molar-refractivity contribution in [2.75, 3.05) is 11.9 Å². The zero-order valence-corrected chi connectivity index (χ0v) is 11.6. The number of carboxylic acids is 1. The maximum absolute atomic E-state index is 11.7. The average Bonchev–Trinajstić information content (AvgIpc) is 2.33. The lowest BCUT2D eigenvalue weighted by Crippen LogP contribution is -2.24. The van der Waals surface area contributed by atoms with Crippen molar-refractivity contribution >= 4 is 29.1 Å². The van der Waals surface area contributed by atoms with Crippen LogP contribution in [0.15, 0.2) is 23.2 Å². The van der Waals surface area contributed by atoms with E-state index >= 15 is 0 Å². The maximum atomic E-state index is 11.7. The fourth-order valence-corrected chi connectivity index (χ4v) is 1.67. The molecular formula is C14H16N2O4. The SMILES string of the molecule is CC(=O)C(=NCC(=O)Nc1c(C)cccc1C)C(=O)O. The van der Waals surface area contributed by atoms with E-state index in [1.165, 1.54) is 0 Å². The molecule has 20 heavy (non-hydrogen) atoms. The highest BCUT2D eigenvalue weighted by Crippen LogP contribution is 2.19. The highest BCUT2D eigenvalue weighted by atomic mass is 16.4. The summed E-state index contributed by atoms with van der Waals surface area (Å²) < 4.78 is 0. The Labute approximate surface area is 116 Å². The van der Waals surface area contributed by atoms with Crippen molar-refractivity contribution < 1.29 is 19.5 Å². The minimum Gasteiger partial charge on any atom is -0.476 e. The van der Waals surface area contributed by atoms with Gasteiger partial charge in [0.1, 0.15) is 6.54 Å². The van der Waals surface area contributed by atoms with Crippen LogP contribution in [0.1, 0.15) is 18.1 Å². The molecule has 1 aromatic rings. The summed E-state index contributed by atoms with van der Waals surface area (Å²) in [6.45, 7) is 4.39. The first-order chi connectivity index (χ1) is 9.32. The number of rotatable bonds is 5. The van der Waals surface area contributed by atoms with Crippen LogP contribution in [0.25, 0.3) is 0 Å². The third kappa shape index (κ3) is 4.01. The number of Topliss-reactive ketones (excluding diaryl/α,β-unsaturated/α-hetero) is 1. The predicted molar refractivity (Wildman–Crippen MR) is 75.2 cm³/mol. The standard InChI is InChI=1S/C14H16N2O4/c1-8-5-4-6-9(2)12(8)16-11(18)7-15-13(10(3)17)14(19)20/h4-6H,7H2,1-3H3,(H,16,18)(H,19,20). The van der Waals surface area contributed by atoms with Gasteiger partial charge in [-0.25, -0.2) is 4.79 Å². The smallest absolute Gasteiger partial charge is 0.357 e. The number of anilines is 1. The number of aryl methyl sites for hydroxylation is 2. The lowest BCUT2D eigenvalue weighted by molar-refractivity contribution is -0.130. The Balaban J connectivity index is 2.81. The number of nitrogens with zero attached hydrogens (tertiary/aromatic N) is 1. The molecular weight excluding hydrogens is 260 g/mol. The average molecular weight is 276 g/mol. The minimum absolute atomic E-state index is 0.408. The summed E-state index contributed by atoms with van der Waals surface area (Å²) in [5, 5.41) is 11.4. The van der Waals surface area contributed by atoms with Crippen LogP contribution >= 0.6 is 0 Å². The lowest BCUT2D eigenvalue weighted by Gasteiger charge is -2.10. The van der Waals surface area contributed by atoms with Crippen molar-refractivity contribution in [1.29, 1.82) is 0 Å². The van der Waals surface area contributed by atoms with Crippen molar-refractivity contribution in [2.45, 2.75) is 20.8 Å². The van der Waals surface area contributed by atoms with Crippen molar-refractivity contribution in [3.05, 3.63) is 29.3 Å². The first-order valence-corrected chi connectivity index (χ1v) is 5.97. The summed E-state index contributed by atoms with van der Waals surface area (Å²) in [7, 11) is 0. The Bertz CT molecular complexity index is 555. The van der Waals surface area contributed by atoms with Gasteiger partial charge in [0, 0.05) is 12.6 Å². The molecule has 106 valence electrons. The Morgan fingerprint density at radius 1 is 1.20 bits per heavy atom. The number of carboxylic acid groups (broad SMARTS) is 1. The number of benzene rings is 1. The molecule has 1 aromatic carbocycles. The van der Waals surface area contributed by atoms with Gasteiger partial charge < -0.3 is 10.4 Å². The highest BCUT2D eigenvalue weighted by molar-refractivity contribution is 6.63. The van der Waals surface area contributed by atoms with E-state index in [9.17, 15) is 14.4 Å². The topological polar surface area (TPSA) is 95.8 Å². The van der Waals surface area contributed by atoms with Gasteiger partial charge in [-0.15, -0.1) is 0 Å². The molecule has 0 heterocycles. The van der Waals surface area contributed by atoms with Gasteiger partial charge >= 0.3 is 5.97 Å². The molecule has 0 aromatic heterocycles. The Morgan fingerprint density at radius 2 is 1.75 bits per heavy atom. The van der Waals surface area contributed by atoms with Crippen LogP contribution in [-0.4, -0.2) is 35.0 Å². The number of aliphatic carboxylic acids is 1. The van der Waals surface area contributed by atoms with Crippen LogP contribution in [0.2, 0.25) is 0 Å². The monoisotopic (exact) mass is 276 g/mol. The molecule has 0 unspecified atom stereocenters. The number of carbonyl (C=O) groups is 3. The molecule has 0 fully saturated rings. The molecule has 0 aliphatic carbocycles. The molecule has 1 amide bonds. The van der Waals surface area contributed by atoms with Gasteiger partial charge in [-0.2, -0.15) is 0 Å². The molecule has 6 heteroatoms. The molecule has 0 radical (unpaired) electrons. The zero-order chi connectivity index (χ0) is 15.3. The first kappa shape index (κ1) is 15.6. The molecule has 0 saturated heterocycles. The normalized spacial score (nSPS) is 11.1. The Kier molecular flexibility index (Phi) is 5.14. The van der Waals surface area contributed by atoms with Crippen molar-refractivity contribution in [3.63, 3.8) is 0 Å². The summed E-state index contributed by atoms with van der Waals surface area (Å²) in [5.41, 5.74) is 1.84. The van der Waals surface area contributed by atoms with Gasteiger partial charge in [0.05, 0.1) is 0 Å². The van der Waals surface area contributed by atoms with Crippen LogP contribution in [-0.2, 0) is 14.4 Å². The Morgan fingerprint density at radius 3 is 2.20 bits per heavy atom. The molecule has 2 N–H and O–H groups in total. The minimum atomic E-state index is -1.43. The molecule has 0 bridgehead atoms. The molecule has 0 spiro atoms. The van der Waals surface area contributed by atoms with Gasteiger partial charge in [0.25, 0.3) is 0 Å². The van der Waals surface area contributed by atoms with Crippen molar-refractivity contribution in [3.8, 4) is 0 Å². The largest absolute Gasteiger partial charge is 0.476 e. The fourth-order valence-electron chi connectivity index (χ4n) is 1.67. The third-order valence-electron chi connectivity index (χ3n) is 2.66. The molecule has 0 saturated carbocycles. The van der Waals surface area contributed by atoms with E-state index in [0.29, 0.717) is 5.69 Å². The van der Waals surface area contributed by atoms with E-state index < -0.39 is 29.9 Å². The van der Waals surface area contributed by atoms with Gasteiger partial charge in [0.15, 0.2) is 11.5 Å². The number of hydrogen-bond acceptors (Lipinski definition) is 4. The number of ketones is 1. The van der Waals surface area contributed by atoms with Crippen molar-refractivity contribution in [2.24, 2.45) is 4.99 Å². The summed E-state index contributed by atoms with van der Waals surface area (Å²) in [5.74, 6) is -2.59. The molecule has 1 rings (SSSR count). The predicted octanol–water partition coefficient (Wildman–Crippen LogP) is 1.36. The molecule has 0 atom stereocenters. The number of para-hydroxylation sites is 1. The summed E-state index contributed by atoms with van der Waals surface area (Å²) in [4.78, 5) is 37.0. The zero-order valence-electron chi connectivity index (χ0n) is 11.6. The van der Waals surface area contributed by atoms with E-state index in [4.69, 9.17) is 5.11 Å². The number of aliphatic imine (C=N–C) groups is 1. The fraction of sp³-hybridized carbons (Fsp3) is 0.286. The van der Waals surface area contributed by atoms with Crippen LogP contribution in [0.4, 0.5) is 5.69 Å². The highest BCUT2D eigenvalue weighted by Gasteiger charge is 2.15. The first-order valence-electron chi connectivity index (χ1n) is 5.97. The molecule has 6 nitrogen and oxygen atoms in total. The number of hydrogen-bond donors (Lipinski definition) is 2. The van der Waals surface area contributed by atoms with Crippen LogP contribution in [0.5, 0.6) is 0 Å². The summed E-state index contributed by atoms with van der Waals surface area (Å²) in [6, 6.07) is 5.57. The molecule has 0 aliphatic rings. The second-order valence-corrected chi connectivity index (χ2v) is 4.34. The third-order valence-corrected chi connectivity index (χ3v) is 2.66. The Hall–Kier alpha value is -2.50. The second-order valence-electron chi connectivity index (χ2n) is 4.34. The summed E-state index contributed by atoms with van der Waals surface area (Å²) in [6.07, 6.45) is 0. The van der Waals surface area contributed by atoms with Crippen LogP contribution in [0.3, 0.4) is 0 Å². The van der Waals surface area contributed by atoms with Gasteiger partial charge in [0.2, 0.25) is 5.91 Å². The van der Waals surface area contributed by atoms with Gasteiger partial charge in [-0.05, 0) is 25.0 Å². The lowest BCUT2D eigenvalue weighted by atomic mass is 10.1. The van der Waals surface area contributed by atoms with E-state index in [1.807, 2.05) is 32.0 Å². The van der Waals surface area contributed by atoms with E-state index in [1.54, 1.807) is 0 Å². The van der Waals surface area contributed by atoms with Crippen LogP contribution in [0, 0.1) is 13.8 Å².